The zero-order valence-electron chi connectivity index (χ0n) is 13.4. The Morgan fingerprint density at radius 2 is 2.05 bits per heavy atom. The molecule has 1 saturated carbocycles. The highest BCUT2D eigenvalue weighted by atomic mass is 35.5. The van der Waals surface area contributed by atoms with E-state index in [2.05, 4.69) is 43.5 Å². The van der Waals surface area contributed by atoms with Crippen LogP contribution in [-0.2, 0) is 0 Å². The predicted molar refractivity (Wildman–Crippen MR) is 90.0 cm³/mol. The van der Waals surface area contributed by atoms with Crippen molar-refractivity contribution in [2.75, 3.05) is 0 Å². The molecule has 21 heavy (non-hydrogen) atoms. The second kappa shape index (κ2) is 5.64. The molecule has 1 heterocycles. The first-order chi connectivity index (χ1) is 9.99. The lowest BCUT2D eigenvalue weighted by Crippen LogP contribution is -2.28. The Morgan fingerprint density at radius 1 is 1.29 bits per heavy atom. The van der Waals surface area contributed by atoms with Crippen molar-refractivity contribution in [3.05, 3.63) is 29.6 Å². The first-order valence-corrected chi connectivity index (χ1v) is 8.55. The summed E-state index contributed by atoms with van der Waals surface area (Å²) in [6.45, 7) is 8.91. The second-order valence-corrected chi connectivity index (χ2v) is 7.44. The van der Waals surface area contributed by atoms with Gasteiger partial charge in [0.05, 0.1) is 16.4 Å². The molecule has 0 aliphatic heterocycles. The van der Waals surface area contributed by atoms with Gasteiger partial charge in [-0.2, -0.15) is 0 Å². The van der Waals surface area contributed by atoms with E-state index in [1.807, 2.05) is 6.92 Å². The maximum Gasteiger partial charge on any atom is 0.127 e. The topological polar surface area (TPSA) is 17.8 Å². The van der Waals surface area contributed by atoms with Gasteiger partial charge in [-0.1, -0.05) is 32.8 Å². The van der Waals surface area contributed by atoms with Crippen molar-refractivity contribution in [2.45, 2.75) is 58.4 Å². The summed E-state index contributed by atoms with van der Waals surface area (Å²) in [6, 6.07) is 7.09. The number of imidazole rings is 1. The summed E-state index contributed by atoms with van der Waals surface area (Å²) in [7, 11) is 0. The molecule has 0 radical (unpaired) electrons. The molecule has 2 nitrogen and oxygen atoms in total. The van der Waals surface area contributed by atoms with Gasteiger partial charge in [-0.15, -0.1) is 11.6 Å². The first kappa shape index (κ1) is 14.9. The highest BCUT2D eigenvalue weighted by Gasteiger charge is 2.31. The van der Waals surface area contributed by atoms with Crippen molar-refractivity contribution >= 4 is 22.6 Å². The smallest absolute Gasteiger partial charge is 0.127 e. The molecular formula is C18H25ClN2. The van der Waals surface area contributed by atoms with Gasteiger partial charge in [-0.05, 0) is 49.8 Å². The van der Waals surface area contributed by atoms with Crippen molar-refractivity contribution in [1.29, 1.82) is 0 Å². The molecule has 1 aromatic heterocycles. The van der Waals surface area contributed by atoms with Crippen LogP contribution in [0.2, 0.25) is 0 Å². The second-order valence-electron chi connectivity index (χ2n) is 6.78. The fraction of sp³-hybridized carbons (Fsp3) is 0.611. The number of benzene rings is 1. The summed E-state index contributed by atoms with van der Waals surface area (Å²) < 4.78 is 2.44. The van der Waals surface area contributed by atoms with Gasteiger partial charge in [-0.25, -0.2) is 4.98 Å². The largest absolute Gasteiger partial charge is 0.323 e. The van der Waals surface area contributed by atoms with Crippen molar-refractivity contribution in [3.8, 4) is 0 Å². The van der Waals surface area contributed by atoms with Gasteiger partial charge in [0.25, 0.3) is 0 Å². The lowest BCUT2D eigenvalue weighted by Gasteiger charge is -2.36. The average Bonchev–Trinajstić information content (AvgIpc) is 2.80. The third-order valence-corrected chi connectivity index (χ3v) is 5.42. The molecule has 0 spiro atoms. The molecule has 3 heteroatoms. The number of alkyl halides is 1. The minimum atomic E-state index is -0.0536. The van der Waals surface area contributed by atoms with Gasteiger partial charge in [0.15, 0.2) is 0 Å². The monoisotopic (exact) mass is 304 g/mol. The zero-order valence-corrected chi connectivity index (χ0v) is 14.2. The molecule has 114 valence electrons. The van der Waals surface area contributed by atoms with Gasteiger partial charge in [0, 0.05) is 6.04 Å². The van der Waals surface area contributed by atoms with Crippen LogP contribution in [0.5, 0.6) is 0 Å². The lowest BCUT2D eigenvalue weighted by atomic mass is 9.78. The SMILES string of the molecule is Cc1ccc2c(c1)nc(C(C)Cl)n2C1CCCC(C)C1C. The molecule has 2 aromatic rings. The first-order valence-electron chi connectivity index (χ1n) is 8.11. The van der Waals surface area contributed by atoms with Gasteiger partial charge in [0.1, 0.15) is 5.82 Å². The molecule has 1 aliphatic rings. The number of hydrogen-bond donors (Lipinski definition) is 0. The highest BCUT2D eigenvalue weighted by Crippen LogP contribution is 2.41. The molecule has 0 bridgehead atoms. The van der Waals surface area contributed by atoms with Crippen molar-refractivity contribution < 1.29 is 0 Å². The maximum atomic E-state index is 6.44. The Labute approximate surface area is 132 Å². The Hall–Kier alpha value is -1.02. The number of nitrogens with zero attached hydrogens (tertiary/aromatic N) is 2. The number of halogens is 1. The minimum absolute atomic E-state index is 0.0536. The standard InChI is InChI=1S/C18H25ClN2/c1-11-8-9-17-15(10-11)20-18(14(4)19)21(17)16-7-5-6-12(2)13(16)3/h8-10,12-14,16H,5-7H2,1-4H3. The quantitative estimate of drug-likeness (QED) is 0.656. The molecule has 1 aliphatic carbocycles. The van der Waals surface area contributed by atoms with E-state index in [1.165, 1.54) is 30.3 Å². The van der Waals surface area contributed by atoms with E-state index in [1.54, 1.807) is 0 Å². The van der Waals surface area contributed by atoms with E-state index < -0.39 is 0 Å². The number of aromatic nitrogens is 2. The Kier molecular flexibility index (Phi) is 4.00. The van der Waals surface area contributed by atoms with Crippen LogP contribution in [0.25, 0.3) is 11.0 Å². The molecule has 0 saturated heterocycles. The third kappa shape index (κ3) is 2.59. The van der Waals surface area contributed by atoms with Gasteiger partial charge >= 0.3 is 0 Å². The van der Waals surface area contributed by atoms with E-state index in [0.29, 0.717) is 12.0 Å². The summed E-state index contributed by atoms with van der Waals surface area (Å²) in [6.07, 6.45) is 3.88. The zero-order chi connectivity index (χ0) is 15.1. The van der Waals surface area contributed by atoms with Crippen LogP contribution in [0, 0.1) is 18.8 Å². The molecule has 4 unspecified atom stereocenters. The number of rotatable bonds is 2. The molecular weight excluding hydrogens is 280 g/mol. The summed E-state index contributed by atoms with van der Waals surface area (Å²) in [5.74, 6) is 2.47. The van der Waals surface area contributed by atoms with Gasteiger partial charge in [0.2, 0.25) is 0 Å². The van der Waals surface area contributed by atoms with Crippen molar-refractivity contribution in [3.63, 3.8) is 0 Å². The molecule has 4 atom stereocenters. The van der Waals surface area contributed by atoms with E-state index in [9.17, 15) is 0 Å². The Balaban J connectivity index is 2.17. The van der Waals surface area contributed by atoms with Crippen LogP contribution in [0.1, 0.15) is 62.8 Å². The fourth-order valence-electron chi connectivity index (χ4n) is 3.77. The Bertz CT molecular complexity index is 644. The van der Waals surface area contributed by atoms with Crippen LogP contribution in [-0.4, -0.2) is 9.55 Å². The van der Waals surface area contributed by atoms with Crippen LogP contribution in [0.4, 0.5) is 0 Å². The van der Waals surface area contributed by atoms with Crippen LogP contribution in [0.15, 0.2) is 18.2 Å². The Morgan fingerprint density at radius 3 is 2.76 bits per heavy atom. The van der Waals surface area contributed by atoms with E-state index in [4.69, 9.17) is 16.6 Å². The lowest BCUT2D eigenvalue weighted by molar-refractivity contribution is 0.186. The van der Waals surface area contributed by atoms with Gasteiger partial charge < -0.3 is 4.57 Å². The van der Waals surface area contributed by atoms with Crippen LogP contribution in [0.3, 0.4) is 0 Å². The van der Waals surface area contributed by atoms with E-state index in [-0.39, 0.29) is 5.38 Å². The molecule has 0 amide bonds. The summed E-state index contributed by atoms with van der Waals surface area (Å²) in [4.78, 5) is 4.84. The molecule has 1 aromatic carbocycles. The molecule has 1 fully saturated rings. The number of hydrogen-bond acceptors (Lipinski definition) is 1. The third-order valence-electron chi connectivity index (χ3n) is 5.22. The molecule has 3 rings (SSSR count). The van der Waals surface area contributed by atoms with Gasteiger partial charge in [-0.3, -0.25) is 0 Å². The average molecular weight is 305 g/mol. The molecule has 0 N–H and O–H groups in total. The summed E-state index contributed by atoms with van der Waals surface area (Å²) >= 11 is 6.44. The fourth-order valence-corrected chi connectivity index (χ4v) is 3.93. The van der Waals surface area contributed by atoms with Crippen LogP contribution >= 0.6 is 11.6 Å². The normalized spacial score (nSPS) is 28.0. The number of fused-ring (bicyclic) bond motifs is 1. The summed E-state index contributed by atoms with van der Waals surface area (Å²) in [5, 5.41) is -0.0536. The summed E-state index contributed by atoms with van der Waals surface area (Å²) in [5.41, 5.74) is 3.59. The van der Waals surface area contributed by atoms with Crippen LogP contribution < -0.4 is 0 Å². The van der Waals surface area contributed by atoms with E-state index >= 15 is 0 Å². The maximum absolute atomic E-state index is 6.44. The number of aryl methyl sites for hydroxylation is 1. The van der Waals surface area contributed by atoms with E-state index in [0.717, 1.165) is 17.3 Å². The minimum Gasteiger partial charge on any atom is -0.323 e. The predicted octanol–water partition coefficient (Wildman–Crippen LogP) is 5.64. The van der Waals surface area contributed by atoms with Crippen molar-refractivity contribution in [1.82, 2.24) is 9.55 Å². The van der Waals surface area contributed by atoms with Crippen molar-refractivity contribution in [2.24, 2.45) is 11.8 Å². The highest BCUT2D eigenvalue weighted by molar-refractivity contribution is 6.20.